The van der Waals surface area contributed by atoms with Crippen molar-refractivity contribution in [2.45, 2.75) is 19.4 Å². The Hall–Kier alpha value is -2.13. The molecule has 3 rings (SSSR count). The van der Waals surface area contributed by atoms with Crippen LogP contribution in [0, 0.1) is 0 Å². The van der Waals surface area contributed by atoms with Gasteiger partial charge in [0.1, 0.15) is 5.82 Å². The number of nitrogens with zero attached hydrogens (tertiary/aromatic N) is 2. The van der Waals surface area contributed by atoms with Crippen LogP contribution in [0.3, 0.4) is 0 Å². The van der Waals surface area contributed by atoms with Gasteiger partial charge in [-0.1, -0.05) is 36.4 Å². The Morgan fingerprint density at radius 1 is 1.15 bits per heavy atom. The lowest BCUT2D eigenvalue weighted by Gasteiger charge is -2.05. The molecule has 0 saturated carbocycles. The zero-order chi connectivity index (χ0) is 14.1. The average Bonchev–Trinajstić information content (AvgIpc) is 2.76. The van der Waals surface area contributed by atoms with Crippen LogP contribution in [0.1, 0.15) is 12.5 Å². The van der Waals surface area contributed by atoms with Crippen LogP contribution in [0.25, 0.3) is 22.4 Å². The van der Waals surface area contributed by atoms with E-state index in [1.165, 1.54) is 5.56 Å². The van der Waals surface area contributed by atoms with E-state index in [0.29, 0.717) is 0 Å². The van der Waals surface area contributed by atoms with Crippen LogP contribution in [0.2, 0.25) is 0 Å². The second kappa shape index (κ2) is 5.10. The smallest absolute Gasteiger partial charge is 0.140 e. The van der Waals surface area contributed by atoms with E-state index in [9.17, 15) is 0 Å². The van der Waals surface area contributed by atoms with Crippen LogP contribution in [0.5, 0.6) is 0 Å². The van der Waals surface area contributed by atoms with E-state index in [2.05, 4.69) is 41.9 Å². The summed E-state index contributed by atoms with van der Waals surface area (Å²) in [4.78, 5) is 4.77. The Balaban J connectivity index is 2.10. The fourth-order valence-electron chi connectivity index (χ4n) is 2.59. The van der Waals surface area contributed by atoms with Crippen molar-refractivity contribution in [3.05, 3.63) is 54.1 Å². The first-order valence-corrected chi connectivity index (χ1v) is 6.91. The molecule has 0 fully saturated rings. The van der Waals surface area contributed by atoms with Gasteiger partial charge in [0, 0.05) is 18.7 Å². The van der Waals surface area contributed by atoms with Gasteiger partial charge in [0.05, 0.1) is 11.0 Å². The molecule has 0 bridgehead atoms. The maximum Gasteiger partial charge on any atom is 0.140 e. The molecule has 1 aromatic heterocycles. The first kappa shape index (κ1) is 12.9. The number of hydrogen-bond donors (Lipinski definition) is 1. The van der Waals surface area contributed by atoms with Gasteiger partial charge in [-0.25, -0.2) is 4.98 Å². The molecule has 102 valence electrons. The van der Waals surface area contributed by atoms with Crippen LogP contribution >= 0.6 is 0 Å². The lowest BCUT2D eigenvalue weighted by molar-refractivity contribution is 0.738. The van der Waals surface area contributed by atoms with Gasteiger partial charge in [-0.3, -0.25) is 0 Å². The number of benzene rings is 2. The van der Waals surface area contributed by atoms with Gasteiger partial charge >= 0.3 is 0 Å². The lowest BCUT2D eigenvalue weighted by atomic mass is 10.1. The summed E-state index contributed by atoms with van der Waals surface area (Å²) < 4.78 is 2.14. The molecule has 1 unspecified atom stereocenters. The summed E-state index contributed by atoms with van der Waals surface area (Å²) in [5, 5.41) is 0. The van der Waals surface area contributed by atoms with Crippen LogP contribution in [-0.2, 0) is 13.5 Å². The van der Waals surface area contributed by atoms with E-state index in [4.69, 9.17) is 10.7 Å². The monoisotopic (exact) mass is 265 g/mol. The molecule has 0 spiro atoms. The van der Waals surface area contributed by atoms with Crippen LogP contribution < -0.4 is 5.73 Å². The molecular weight excluding hydrogens is 246 g/mol. The van der Waals surface area contributed by atoms with E-state index in [1.807, 2.05) is 25.1 Å². The quantitative estimate of drug-likeness (QED) is 0.790. The van der Waals surface area contributed by atoms with Gasteiger partial charge < -0.3 is 10.3 Å². The van der Waals surface area contributed by atoms with Gasteiger partial charge in [-0.2, -0.15) is 0 Å². The highest BCUT2D eigenvalue weighted by molar-refractivity contribution is 5.81. The van der Waals surface area contributed by atoms with Gasteiger partial charge in [-0.05, 0) is 31.0 Å². The summed E-state index contributed by atoms with van der Waals surface area (Å²) in [6.45, 7) is 2.03. The molecule has 3 heteroatoms. The molecule has 0 radical (unpaired) electrons. The minimum Gasteiger partial charge on any atom is -0.328 e. The van der Waals surface area contributed by atoms with Crippen LogP contribution in [0.15, 0.2) is 48.5 Å². The van der Waals surface area contributed by atoms with Crippen molar-refractivity contribution >= 4 is 11.0 Å². The normalized spacial score (nSPS) is 12.8. The number of nitrogens with two attached hydrogens (primary N) is 1. The standard InChI is InChI=1S/C17H19N3/c1-12(18)10-13-8-9-16-15(11-13)19-17(20(16)2)14-6-4-3-5-7-14/h3-9,11-12H,10,18H2,1-2H3. The van der Waals surface area contributed by atoms with Gasteiger partial charge in [0.15, 0.2) is 0 Å². The fourth-order valence-corrected chi connectivity index (χ4v) is 2.59. The Morgan fingerprint density at radius 2 is 1.90 bits per heavy atom. The number of fused-ring (bicyclic) bond motifs is 1. The molecule has 2 N–H and O–H groups in total. The minimum absolute atomic E-state index is 0.171. The third-order valence-electron chi connectivity index (χ3n) is 3.53. The molecule has 0 aliphatic carbocycles. The number of imidazole rings is 1. The molecule has 1 atom stereocenters. The Bertz CT molecular complexity index is 727. The van der Waals surface area contributed by atoms with Gasteiger partial charge in [-0.15, -0.1) is 0 Å². The summed E-state index contributed by atoms with van der Waals surface area (Å²) in [5.74, 6) is 0.999. The number of rotatable bonds is 3. The molecule has 3 nitrogen and oxygen atoms in total. The highest BCUT2D eigenvalue weighted by Gasteiger charge is 2.10. The second-order valence-corrected chi connectivity index (χ2v) is 5.36. The molecule has 20 heavy (non-hydrogen) atoms. The molecular formula is C17H19N3. The minimum atomic E-state index is 0.171. The summed E-state index contributed by atoms with van der Waals surface area (Å²) >= 11 is 0. The van der Waals surface area contributed by atoms with E-state index < -0.39 is 0 Å². The highest BCUT2D eigenvalue weighted by atomic mass is 15.1. The summed E-state index contributed by atoms with van der Waals surface area (Å²) in [7, 11) is 2.06. The number of aromatic nitrogens is 2. The van der Waals surface area contributed by atoms with Crippen LogP contribution in [-0.4, -0.2) is 15.6 Å². The van der Waals surface area contributed by atoms with Crippen molar-refractivity contribution in [3.63, 3.8) is 0 Å². The molecule has 2 aromatic carbocycles. The molecule has 0 saturated heterocycles. The lowest BCUT2D eigenvalue weighted by Crippen LogP contribution is -2.17. The number of hydrogen-bond acceptors (Lipinski definition) is 2. The first-order chi connectivity index (χ1) is 9.65. The van der Waals surface area contributed by atoms with Crippen molar-refractivity contribution in [1.29, 1.82) is 0 Å². The molecule has 0 amide bonds. The summed E-state index contributed by atoms with van der Waals surface area (Å²) in [6, 6.07) is 16.9. The topological polar surface area (TPSA) is 43.8 Å². The van der Waals surface area contributed by atoms with Crippen molar-refractivity contribution in [2.75, 3.05) is 0 Å². The van der Waals surface area contributed by atoms with Crippen LogP contribution in [0.4, 0.5) is 0 Å². The van der Waals surface area contributed by atoms with Crippen molar-refractivity contribution < 1.29 is 0 Å². The second-order valence-electron chi connectivity index (χ2n) is 5.36. The maximum atomic E-state index is 5.87. The highest BCUT2D eigenvalue weighted by Crippen LogP contribution is 2.24. The van der Waals surface area contributed by atoms with Gasteiger partial charge in [0.25, 0.3) is 0 Å². The third kappa shape index (κ3) is 2.32. The van der Waals surface area contributed by atoms with E-state index in [1.54, 1.807) is 0 Å². The summed E-state index contributed by atoms with van der Waals surface area (Å²) in [5.41, 5.74) is 10.4. The zero-order valence-corrected chi connectivity index (χ0v) is 11.9. The number of aryl methyl sites for hydroxylation is 1. The van der Waals surface area contributed by atoms with E-state index in [0.717, 1.165) is 28.8 Å². The Kier molecular flexibility index (Phi) is 3.28. The molecule has 0 aliphatic rings. The Morgan fingerprint density at radius 3 is 2.60 bits per heavy atom. The average molecular weight is 265 g/mol. The predicted octanol–water partition coefficient (Wildman–Crippen LogP) is 3.13. The van der Waals surface area contributed by atoms with E-state index >= 15 is 0 Å². The fraction of sp³-hybridized carbons (Fsp3) is 0.235. The summed E-state index contributed by atoms with van der Waals surface area (Å²) in [6.07, 6.45) is 0.882. The SMILES string of the molecule is CC(N)Cc1ccc2c(c1)nc(-c1ccccc1)n2C. The third-order valence-corrected chi connectivity index (χ3v) is 3.53. The molecule has 1 heterocycles. The maximum absolute atomic E-state index is 5.87. The van der Waals surface area contributed by atoms with Crippen molar-refractivity contribution in [2.24, 2.45) is 12.8 Å². The predicted molar refractivity (Wildman–Crippen MR) is 83.5 cm³/mol. The Labute approximate surface area is 119 Å². The zero-order valence-electron chi connectivity index (χ0n) is 11.9. The van der Waals surface area contributed by atoms with Crippen molar-refractivity contribution in [1.82, 2.24) is 9.55 Å². The van der Waals surface area contributed by atoms with E-state index in [-0.39, 0.29) is 6.04 Å². The first-order valence-electron chi connectivity index (χ1n) is 6.91. The van der Waals surface area contributed by atoms with Crippen molar-refractivity contribution in [3.8, 4) is 11.4 Å². The largest absolute Gasteiger partial charge is 0.328 e. The van der Waals surface area contributed by atoms with Gasteiger partial charge in [0.2, 0.25) is 0 Å². The molecule has 0 aliphatic heterocycles. The molecule has 3 aromatic rings.